The molecule has 164 valence electrons. The number of nitrogens with zero attached hydrogens (tertiary/aromatic N) is 1. The van der Waals surface area contributed by atoms with Crippen LogP contribution in [0.1, 0.15) is 53.9 Å². The molecule has 2 saturated heterocycles. The van der Waals surface area contributed by atoms with Crippen LogP contribution in [-0.2, 0) is 0 Å². The van der Waals surface area contributed by atoms with E-state index in [1.54, 1.807) is 0 Å². The summed E-state index contributed by atoms with van der Waals surface area (Å²) in [4.78, 5) is 16.2. The Morgan fingerprint density at radius 1 is 1.10 bits per heavy atom. The SMILES string of the molecule is O=C(Nc1ccccc1C1CCNC(=S)C1)c1ccc(OCCN2CCCCC2)cc1. The lowest BCUT2D eigenvalue weighted by atomic mass is 9.89. The molecule has 6 heteroatoms. The van der Waals surface area contributed by atoms with Gasteiger partial charge >= 0.3 is 0 Å². The van der Waals surface area contributed by atoms with Crippen LogP contribution < -0.4 is 15.4 Å². The van der Waals surface area contributed by atoms with Gasteiger partial charge in [0.1, 0.15) is 12.4 Å². The Morgan fingerprint density at radius 3 is 2.65 bits per heavy atom. The second-order valence-electron chi connectivity index (χ2n) is 8.36. The Balaban J connectivity index is 1.33. The summed E-state index contributed by atoms with van der Waals surface area (Å²) >= 11 is 5.36. The number of rotatable bonds is 7. The van der Waals surface area contributed by atoms with Crippen LogP contribution in [0.3, 0.4) is 0 Å². The lowest BCUT2D eigenvalue weighted by Crippen LogP contribution is -2.33. The maximum Gasteiger partial charge on any atom is 0.255 e. The quantitative estimate of drug-likeness (QED) is 0.620. The predicted octanol–water partition coefficient (Wildman–Crippen LogP) is 4.60. The second kappa shape index (κ2) is 10.7. The fraction of sp³-hybridized carbons (Fsp3) is 0.440. The van der Waals surface area contributed by atoms with Gasteiger partial charge in [0.05, 0.1) is 4.99 Å². The van der Waals surface area contributed by atoms with Gasteiger partial charge in [-0.1, -0.05) is 36.8 Å². The van der Waals surface area contributed by atoms with Gasteiger partial charge in [0, 0.05) is 30.8 Å². The molecule has 0 spiro atoms. The number of piperidine rings is 2. The third-order valence-electron chi connectivity index (χ3n) is 6.14. The van der Waals surface area contributed by atoms with Gasteiger partial charge in [-0.05, 0) is 74.2 Å². The fourth-order valence-electron chi connectivity index (χ4n) is 4.39. The van der Waals surface area contributed by atoms with Crippen molar-refractivity contribution in [1.29, 1.82) is 0 Å². The summed E-state index contributed by atoms with van der Waals surface area (Å²) in [6.45, 7) is 4.86. The van der Waals surface area contributed by atoms with E-state index < -0.39 is 0 Å². The van der Waals surface area contributed by atoms with Crippen molar-refractivity contribution in [1.82, 2.24) is 10.2 Å². The van der Waals surface area contributed by atoms with Crippen molar-refractivity contribution in [2.45, 2.75) is 38.0 Å². The molecular weight excluding hydrogens is 406 g/mol. The van der Waals surface area contributed by atoms with Gasteiger partial charge in [-0.3, -0.25) is 9.69 Å². The summed E-state index contributed by atoms with van der Waals surface area (Å²) in [5.41, 5.74) is 2.64. The Bertz CT molecular complexity index is 894. The Labute approximate surface area is 190 Å². The molecule has 4 rings (SSSR count). The van der Waals surface area contributed by atoms with Crippen LogP contribution in [0, 0.1) is 0 Å². The third kappa shape index (κ3) is 6.05. The van der Waals surface area contributed by atoms with Crippen LogP contribution in [0.2, 0.25) is 0 Å². The number of carbonyl (C=O) groups excluding carboxylic acids is 1. The summed E-state index contributed by atoms with van der Waals surface area (Å²) in [6.07, 6.45) is 5.76. The number of ether oxygens (including phenoxy) is 1. The number of hydrogen-bond donors (Lipinski definition) is 2. The first-order valence-electron chi connectivity index (χ1n) is 11.3. The highest BCUT2D eigenvalue weighted by Crippen LogP contribution is 2.32. The molecule has 31 heavy (non-hydrogen) atoms. The Kier molecular flexibility index (Phi) is 7.54. The summed E-state index contributed by atoms with van der Waals surface area (Å²) in [5.74, 6) is 1.03. The van der Waals surface area contributed by atoms with Crippen molar-refractivity contribution in [2.24, 2.45) is 0 Å². The largest absolute Gasteiger partial charge is 0.492 e. The van der Waals surface area contributed by atoms with E-state index in [4.69, 9.17) is 17.0 Å². The normalized spacial score (nSPS) is 19.5. The molecular formula is C25H31N3O2S. The smallest absolute Gasteiger partial charge is 0.255 e. The van der Waals surface area contributed by atoms with E-state index in [2.05, 4.69) is 21.6 Å². The minimum atomic E-state index is -0.108. The Hall–Kier alpha value is -2.44. The predicted molar refractivity (Wildman–Crippen MR) is 129 cm³/mol. The van der Waals surface area contributed by atoms with Crippen LogP contribution in [0.15, 0.2) is 48.5 Å². The van der Waals surface area contributed by atoms with E-state index >= 15 is 0 Å². The number of hydrogen-bond acceptors (Lipinski definition) is 4. The van der Waals surface area contributed by atoms with Crippen LogP contribution >= 0.6 is 12.2 Å². The standard InChI is InChI=1S/C25H31N3O2S/c29-25(27-23-7-3-2-6-22(23)20-12-13-26-24(31)18-20)19-8-10-21(11-9-19)30-17-16-28-14-4-1-5-15-28/h2-3,6-11,20H,1,4-5,12-18H2,(H,26,31)(H,27,29). The van der Waals surface area contributed by atoms with Gasteiger partial charge in [0.2, 0.25) is 0 Å². The first-order chi connectivity index (χ1) is 15.2. The molecule has 2 aromatic carbocycles. The van der Waals surface area contributed by atoms with E-state index in [9.17, 15) is 4.79 Å². The lowest BCUT2D eigenvalue weighted by Gasteiger charge is -2.26. The molecule has 0 aromatic heterocycles. The third-order valence-corrected chi connectivity index (χ3v) is 6.45. The van der Waals surface area contributed by atoms with Gasteiger partial charge in [-0.15, -0.1) is 0 Å². The fourth-order valence-corrected chi connectivity index (χ4v) is 4.69. The van der Waals surface area contributed by atoms with Gasteiger partial charge in [0.25, 0.3) is 5.91 Å². The average Bonchev–Trinajstić information content (AvgIpc) is 2.80. The van der Waals surface area contributed by atoms with Gasteiger partial charge in [0.15, 0.2) is 0 Å². The zero-order chi connectivity index (χ0) is 21.5. The number of para-hydroxylation sites is 1. The van der Waals surface area contributed by atoms with Crippen LogP contribution in [-0.4, -0.2) is 48.6 Å². The monoisotopic (exact) mass is 437 g/mol. The minimum Gasteiger partial charge on any atom is -0.492 e. The van der Waals surface area contributed by atoms with E-state index in [0.717, 1.165) is 47.9 Å². The number of carbonyl (C=O) groups is 1. The van der Waals surface area contributed by atoms with Gasteiger partial charge in [-0.2, -0.15) is 0 Å². The summed E-state index contributed by atoms with van der Waals surface area (Å²) in [6, 6.07) is 15.4. The number of nitrogens with one attached hydrogen (secondary N) is 2. The molecule has 2 aromatic rings. The van der Waals surface area contributed by atoms with Crippen molar-refractivity contribution in [3.05, 3.63) is 59.7 Å². The highest BCUT2D eigenvalue weighted by molar-refractivity contribution is 7.80. The van der Waals surface area contributed by atoms with Crippen LogP contribution in [0.5, 0.6) is 5.75 Å². The summed E-state index contributed by atoms with van der Waals surface area (Å²) in [7, 11) is 0. The number of amides is 1. The molecule has 5 nitrogen and oxygen atoms in total. The zero-order valence-corrected chi connectivity index (χ0v) is 18.8. The van der Waals surface area contributed by atoms with Crippen molar-refractivity contribution >= 4 is 28.8 Å². The van der Waals surface area contributed by atoms with Crippen LogP contribution in [0.4, 0.5) is 5.69 Å². The van der Waals surface area contributed by atoms with Crippen molar-refractivity contribution in [3.8, 4) is 5.75 Å². The number of thiocarbonyl (C=S) groups is 1. The maximum absolute atomic E-state index is 12.8. The lowest BCUT2D eigenvalue weighted by molar-refractivity contribution is 0.102. The zero-order valence-electron chi connectivity index (χ0n) is 17.9. The average molecular weight is 438 g/mol. The van der Waals surface area contributed by atoms with E-state index in [1.165, 1.54) is 32.4 Å². The van der Waals surface area contributed by atoms with Crippen molar-refractivity contribution in [2.75, 3.05) is 38.1 Å². The molecule has 0 aliphatic carbocycles. The Morgan fingerprint density at radius 2 is 1.87 bits per heavy atom. The van der Waals surface area contributed by atoms with E-state index in [-0.39, 0.29) is 5.91 Å². The number of anilines is 1. The van der Waals surface area contributed by atoms with Crippen molar-refractivity contribution in [3.63, 3.8) is 0 Å². The summed E-state index contributed by atoms with van der Waals surface area (Å²) in [5, 5.41) is 6.33. The molecule has 0 radical (unpaired) electrons. The second-order valence-corrected chi connectivity index (χ2v) is 8.85. The van der Waals surface area contributed by atoms with Gasteiger partial charge < -0.3 is 15.4 Å². The van der Waals surface area contributed by atoms with Gasteiger partial charge in [-0.25, -0.2) is 0 Å². The van der Waals surface area contributed by atoms with Crippen molar-refractivity contribution < 1.29 is 9.53 Å². The number of likely N-dealkylation sites (tertiary alicyclic amines) is 1. The topological polar surface area (TPSA) is 53.6 Å². The molecule has 1 atom stereocenters. The highest BCUT2D eigenvalue weighted by atomic mass is 32.1. The first-order valence-corrected chi connectivity index (χ1v) is 11.7. The molecule has 2 heterocycles. The molecule has 0 bridgehead atoms. The maximum atomic E-state index is 12.8. The highest BCUT2D eigenvalue weighted by Gasteiger charge is 2.21. The minimum absolute atomic E-state index is 0.108. The molecule has 2 N–H and O–H groups in total. The molecule has 1 unspecified atom stereocenters. The molecule has 1 amide bonds. The van der Waals surface area contributed by atoms with E-state index in [1.807, 2.05) is 42.5 Å². The molecule has 2 aliphatic rings. The molecule has 2 fully saturated rings. The first kappa shape index (κ1) is 21.8. The molecule has 2 aliphatic heterocycles. The number of benzene rings is 2. The van der Waals surface area contributed by atoms with E-state index in [0.29, 0.717) is 18.1 Å². The molecule has 0 saturated carbocycles. The van der Waals surface area contributed by atoms with Crippen LogP contribution in [0.25, 0.3) is 0 Å². The summed E-state index contributed by atoms with van der Waals surface area (Å²) < 4.78 is 5.88.